The zero-order valence-electron chi connectivity index (χ0n) is 7.44. The first kappa shape index (κ1) is 8.98. The summed E-state index contributed by atoms with van der Waals surface area (Å²) in [6.07, 6.45) is 2.63. The SMILES string of the molecule is CC(C)(CN)C(F)C1CCC1. The van der Waals surface area contributed by atoms with Crippen LogP contribution in [0.25, 0.3) is 0 Å². The highest BCUT2D eigenvalue weighted by Gasteiger charge is 2.37. The van der Waals surface area contributed by atoms with Gasteiger partial charge in [-0.05, 0) is 18.8 Å². The lowest BCUT2D eigenvalue weighted by Gasteiger charge is -2.37. The Labute approximate surface area is 68.2 Å². The summed E-state index contributed by atoms with van der Waals surface area (Å²) in [6, 6.07) is 0. The molecule has 0 aromatic carbocycles. The Kier molecular flexibility index (Phi) is 2.53. The van der Waals surface area contributed by atoms with Crippen LogP contribution in [0.3, 0.4) is 0 Å². The lowest BCUT2D eigenvalue weighted by Crippen LogP contribution is -2.40. The van der Waals surface area contributed by atoms with Gasteiger partial charge >= 0.3 is 0 Å². The molecule has 1 aliphatic carbocycles. The van der Waals surface area contributed by atoms with Crippen LogP contribution in [0.5, 0.6) is 0 Å². The number of rotatable bonds is 3. The molecule has 1 unspecified atom stereocenters. The summed E-state index contributed by atoms with van der Waals surface area (Å²) in [4.78, 5) is 0. The second-order valence-electron chi connectivity index (χ2n) is 4.29. The maximum absolute atomic E-state index is 13.5. The number of hydrogen-bond acceptors (Lipinski definition) is 1. The van der Waals surface area contributed by atoms with E-state index in [4.69, 9.17) is 5.73 Å². The van der Waals surface area contributed by atoms with Gasteiger partial charge in [-0.15, -0.1) is 0 Å². The molecule has 0 aromatic rings. The number of nitrogens with two attached hydrogens (primary N) is 1. The minimum atomic E-state index is -0.693. The van der Waals surface area contributed by atoms with Crippen molar-refractivity contribution in [2.75, 3.05) is 6.54 Å². The molecule has 0 aliphatic heterocycles. The quantitative estimate of drug-likeness (QED) is 0.670. The molecule has 1 aliphatic rings. The summed E-state index contributed by atoms with van der Waals surface area (Å²) in [5.41, 5.74) is 5.17. The second-order valence-corrected chi connectivity index (χ2v) is 4.29. The van der Waals surface area contributed by atoms with Crippen molar-refractivity contribution in [3.05, 3.63) is 0 Å². The predicted octanol–water partition coefficient (Wildman–Crippen LogP) is 2.11. The van der Waals surface area contributed by atoms with Crippen LogP contribution in [0.2, 0.25) is 0 Å². The Bertz CT molecular complexity index is 130. The standard InChI is InChI=1S/C9H18FN/c1-9(2,6-11)8(10)7-4-3-5-7/h7-8H,3-6,11H2,1-2H3. The third-order valence-corrected chi connectivity index (χ3v) is 2.84. The first-order chi connectivity index (χ1) is 5.08. The highest BCUT2D eigenvalue weighted by atomic mass is 19.1. The van der Waals surface area contributed by atoms with E-state index >= 15 is 0 Å². The Morgan fingerprint density at radius 2 is 2.09 bits per heavy atom. The summed E-state index contributed by atoms with van der Waals surface area (Å²) in [5.74, 6) is 0.300. The number of halogens is 1. The first-order valence-electron chi connectivity index (χ1n) is 4.42. The first-order valence-corrected chi connectivity index (χ1v) is 4.42. The zero-order valence-corrected chi connectivity index (χ0v) is 7.44. The lowest BCUT2D eigenvalue weighted by molar-refractivity contribution is 0.0479. The van der Waals surface area contributed by atoms with Crippen molar-refractivity contribution in [2.24, 2.45) is 17.1 Å². The van der Waals surface area contributed by atoms with Crippen molar-refractivity contribution in [2.45, 2.75) is 39.3 Å². The van der Waals surface area contributed by atoms with Gasteiger partial charge in [0.15, 0.2) is 0 Å². The fraction of sp³-hybridized carbons (Fsp3) is 1.00. The van der Waals surface area contributed by atoms with Crippen LogP contribution in [-0.4, -0.2) is 12.7 Å². The highest BCUT2D eigenvalue weighted by molar-refractivity contribution is 4.88. The van der Waals surface area contributed by atoms with Gasteiger partial charge in [0.1, 0.15) is 6.17 Å². The molecule has 1 fully saturated rings. The van der Waals surface area contributed by atoms with Gasteiger partial charge in [0.25, 0.3) is 0 Å². The fourth-order valence-corrected chi connectivity index (χ4v) is 1.48. The third kappa shape index (κ3) is 1.73. The molecule has 1 atom stereocenters. The number of hydrogen-bond donors (Lipinski definition) is 1. The van der Waals surface area contributed by atoms with E-state index in [1.54, 1.807) is 0 Å². The van der Waals surface area contributed by atoms with Crippen molar-refractivity contribution in [3.63, 3.8) is 0 Å². The minimum Gasteiger partial charge on any atom is -0.330 e. The summed E-state index contributed by atoms with van der Waals surface area (Å²) < 4.78 is 13.5. The van der Waals surface area contributed by atoms with Gasteiger partial charge in [-0.2, -0.15) is 0 Å². The van der Waals surface area contributed by atoms with Crippen LogP contribution in [0.1, 0.15) is 33.1 Å². The van der Waals surface area contributed by atoms with E-state index in [1.165, 1.54) is 6.42 Å². The van der Waals surface area contributed by atoms with E-state index in [0.717, 1.165) is 12.8 Å². The van der Waals surface area contributed by atoms with Crippen LogP contribution < -0.4 is 5.73 Å². The average Bonchev–Trinajstić information content (AvgIpc) is 1.84. The van der Waals surface area contributed by atoms with Crippen molar-refractivity contribution >= 4 is 0 Å². The molecule has 66 valence electrons. The summed E-state index contributed by atoms with van der Waals surface area (Å²) in [6.45, 7) is 4.27. The van der Waals surface area contributed by atoms with Gasteiger partial charge in [-0.25, -0.2) is 4.39 Å². The maximum Gasteiger partial charge on any atom is 0.109 e. The molecule has 2 N–H and O–H groups in total. The Morgan fingerprint density at radius 3 is 2.36 bits per heavy atom. The minimum absolute atomic E-state index is 0.300. The Morgan fingerprint density at radius 1 is 1.55 bits per heavy atom. The average molecular weight is 159 g/mol. The van der Waals surface area contributed by atoms with Gasteiger partial charge < -0.3 is 5.73 Å². The molecule has 0 heterocycles. The van der Waals surface area contributed by atoms with Crippen LogP contribution >= 0.6 is 0 Å². The molecule has 0 aromatic heterocycles. The maximum atomic E-state index is 13.5. The Hall–Kier alpha value is -0.110. The van der Waals surface area contributed by atoms with Crippen LogP contribution in [0, 0.1) is 11.3 Å². The molecule has 1 nitrogen and oxygen atoms in total. The molecule has 0 spiro atoms. The highest BCUT2D eigenvalue weighted by Crippen LogP contribution is 2.39. The van der Waals surface area contributed by atoms with Crippen LogP contribution in [0.4, 0.5) is 4.39 Å². The van der Waals surface area contributed by atoms with Gasteiger partial charge in [0, 0.05) is 12.0 Å². The monoisotopic (exact) mass is 159 g/mol. The van der Waals surface area contributed by atoms with Crippen molar-refractivity contribution in [1.82, 2.24) is 0 Å². The predicted molar refractivity (Wildman–Crippen MR) is 45.1 cm³/mol. The molecule has 1 rings (SSSR count). The molecule has 2 heteroatoms. The van der Waals surface area contributed by atoms with Crippen molar-refractivity contribution in [1.29, 1.82) is 0 Å². The zero-order chi connectivity index (χ0) is 8.48. The molecule has 0 saturated heterocycles. The van der Waals surface area contributed by atoms with Gasteiger partial charge in [-0.3, -0.25) is 0 Å². The van der Waals surface area contributed by atoms with E-state index in [2.05, 4.69) is 0 Å². The van der Waals surface area contributed by atoms with E-state index < -0.39 is 6.17 Å². The topological polar surface area (TPSA) is 26.0 Å². The normalized spacial score (nSPS) is 22.9. The van der Waals surface area contributed by atoms with E-state index in [-0.39, 0.29) is 5.41 Å². The molecular formula is C9H18FN. The summed E-state index contributed by atoms with van der Waals surface area (Å²) in [5, 5.41) is 0. The molecule has 0 radical (unpaired) electrons. The smallest absolute Gasteiger partial charge is 0.109 e. The Balaban J connectivity index is 2.44. The van der Waals surface area contributed by atoms with Crippen molar-refractivity contribution < 1.29 is 4.39 Å². The molecule has 11 heavy (non-hydrogen) atoms. The summed E-state index contributed by atoms with van der Waals surface area (Å²) >= 11 is 0. The molecule has 1 saturated carbocycles. The summed E-state index contributed by atoms with van der Waals surface area (Å²) in [7, 11) is 0. The van der Waals surface area contributed by atoms with E-state index in [9.17, 15) is 4.39 Å². The van der Waals surface area contributed by atoms with E-state index in [1.807, 2.05) is 13.8 Å². The second kappa shape index (κ2) is 3.10. The third-order valence-electron chi connectivity index (χ3n) is 2.84. The molecular weight excluding hydrogens is 141 g/mol. The number of alkyl halides is 1. The van der Waals surface area contributed by atoms with Crippen molar-refractivity contribution in [3.8, 4) is 0 Å². The van der Waals surface area contributed by atoms with Crippen LogP contribution in [0.15, 0.2) is 0 Å². The fourth-order valence-electron chi connectivity index (χ4n) is 1.48. The molecule has 0 bridgehead atoms. The lowest BCUT2D eigenvalue weighted by atomic mass is 9.72. The van der Waals surface area contributed by atoms with Gasteiger partial charge in [-0.1, -0.05) is 20.3 Å². The molecule has 0 amide bonds. The van der Waals surface area contributed by atoms with Gasteiger partial charge in [0.2, 0.25) is 0 Å². The van der Waals surface area contributed by atoms with E-state index in [0.29, 0.717) is 12.5 Å². The van der Waals surface area contributed by atoms with Gasteiger partial charge in [0.05, 0.1) is 0 Å². The van der Waals surface area contributed by atoms with Crippen LogP contribution in [-0.2, 0) is 0 Å². The largest absolute Gasteiger partial charge is 0.330 e.